The summed E-state index contributed by atoms with van der Waals surface area (Å²) < 4.78 is 20.6. The number of nitrogens with zero attached hydrogens (tertiary/aromatic N) is 4. The van der Waals surface area contributed by atoms with Gasteiger partial charge in [0.15, 0.2) is 0 Å². The highest BCUT2D eigenvalue weighted by Crippen LogP contribution is 2.39. The maximum atomic E-state index is 15.2. The number of ether oxygens (including phenoxy) is 1. The van der Waals surface area contributed by atoms with Crippen LogP contribution < -0.4 is 15.0 Å². The molecular formula is C26H23ClFN5O3. The number of nitrogens with one attached hydrogen (secondary N) is 1. The Balaban J connectivity index is 2.05. The molecule has 1 N–H and O–H groups in total. The van der Waals surface area contributed by atoms with Crippen LogP contribution in [-0.4, -0.2) is 49.2 Å². The first kappa shape index (κ1) is 26.2. The van der Waals surface area contributed by atoms with Crippen LogP contribution in [0.4, 0.5) is 21.6 Å². The number of hydrogen-bond donors (Lipinski definition) is 1. The standard InChI is InChI=1S/C26H23ClFN5O3/c1-5-17-8-10-24(29-14-17)31-26(35)20-12-19(27)13-23(36-4)25(20)33(16-34)22-9-7-18(11-21(22)28)15-30-32(3)6-2/h1,7-16H,6H2,2-4H3,(H,29,31,35). The van der Waals surface area contributed by atoms with E-state index in [1.54, 1.807) is 24.2 Å². The molecule has 0 radical (unpaired) electrons. The van der Waals surface area contributed by atoms with Crippen molar-refractivity contribution in [3.63, 3.8) is 0 Å². The molecule has 36 heavy (non-hydrogen) atoms. The number of methoxy groups -OCH3 is 1. The fourth-order valence-electron chi connectivity index (χ4n) is 3.16. The summed E-state index contributed by atoms with van der Waals surface area (Å²) in [7, 11) is 3.13. The van der Waals surface area contributed by atoms with Crippen molar-refractivity contribution in [3.8, 4) is 18.1 Å². The highest BCUT2D eigenvalue weighted by atomic mass is 35.5. The number of hydrazone groups is 1. The van der Waals surface area contributed by atoms with Crippen molar-refractivity contribution in [2.24, 2.45) is 5.10 Å². The Labute approximate surface area is 213 Å². The molecule has 2 amide bonds. The van der Waals surface area contributed by atoms with Crippen LogP contribution in [0.15, 0.2) is 53.8 Å². The van der Waals surface area contributed by atoms with Gasteiger partial charge in [0.05, 0.1) is 24.6 Å². The third kappa shape index (κ3) is 5.98. The summed E-state index contributed by atoms with van der Waals surface area (Å²) in [4.78, 5) is 30.5. The second-order valence-electron chi connectivity index (χ2n) is 7.44. The molecule has 0 saturated carbocycles. The predicted octanol–water partition coefficient (Wildman–Crippen LogP) is 4.70. The van der Waals surface area contributed by atoms with Crippen LogP contribution in [0.2, 0.25) is 5.02 Å². The lowest BCUT2D eigenvalue weighted by Crippen LogP contribution is -2.22. The van der Waals surface area contributed by atoms with Gasteiger partial charge in [-0.25, -0.2) is 9.37 Å². The SMILES string of the molecule is C#Cc1ccc(NC(=O)c2cc(Cl)cc(OC)c2N(C=O)c2ccc(C=NN(C)CC)cc2F)nc1. The Morgan fingerprint density at radius 1 is 1.31 bits per heavy atom. The molecule has 8 nitrogen and oxygen atoms in total. The molecule has 0 unspecified atom stereocenters. The monoisotopic (exact) mass is 507 g/mol. The first-order valence-corrected chi connectivity index (χ1v) is 11.1. The molecule has 0 aliphatic heterocycles. The van der Waals surface area contributed by atoms with Crippen LogP contribution in [0.3, 0.4) is 0 Å². The van der Waals surface area contributed by atoms with Crippen molar-refractivity contribution in [3.05, 3.63) is 76.2 Å². The lowest BCUT2D eigenvalue weighted by atomic mass is 10.1. The van der Waals surface area contributed by atoms with E-state index in [4.69, 9.17) is 22.8 Å². The molecule has 3 aromatic rings. The highest BCUT2D eigenvalue weighted by Gasteiger charge is 2.25. The van der Waals surface area contributed by atoms with E-state index in [9.17, 15) is 9.59 Å². The van der Waals surface area contributed by atoms with Gasteiger partial charge >= 0.3 is 0 Å². The van der Waals surface area contributed by atoms with Gasteiger partial charge in [0.1, 0.15) is 23.1 Å². The van der Waals surface area contributed by atoms with E-state index in [1.807, 2.05) is 6.92 Å². The van der Waals surface area contributed by atoms with Gasteiger partial charge in [-0.2, -0.15) is 5.10 Å². The molecule has 0 aliphatic carbocycles. The Morgan fingerprint density at radius 3 is 2.67 bits per heavy atom. The normalized spacial score (nSPS) is 10.6. The summed E-state index contributed by atoms with van der Waals surface area (Å²) in [6.07, 6.45) is 8.65. The van der Waals surface area contributed by atoms with Gasteiger partial charge in [-0.3, -0.25) is 14.5 Å². The second-order valence-corrected chi connectivity index (χ2v) is 7.88. The van der Waals surface area contributed by atoms with Crippen LogP contribution in [0.5, 0.6) is 5.75 Å². The van der Waals surface area contributed by atoms with E-state index in [2.05, 4.69) is 21.3 Å². The third-order valence-corrected chi connectivity index (χ3v) is 5.33. The molecule has 1 aromatic heterocycles. The zero-order chi connectivity index (χ0) is 26.2. The largest absolute Gasteiger partial charge is 0.494 e. The molecule has 0 fully saturated rings. The fraction of sp³-hybridized carbons (Fsp3) is 0.154. The molecule has 0 bridgehead atoms. The van der Waals surface area contributed by atoms with Gasteiger partial charge in [-0.1, -0.05) is 23.6 Å². The molecule has 0 atom stereocenters. The third-order valence-electron chi connectivity index (χ3n) is 5.12. The molecule has 0 spiro atoms. The minimum atomic E-state index is -0.708. The zero-order valence-electron chi connectivity index (χ0n) is 19.8. The van der Waals surface area contributed by atoms with Gasteiger partial charge in [0.25, 0.3) is 5.91 Å². The molecule has 1 heterocycles. The maximum absolute atomic E-state index is 15.2. The topological polar surface area (TPSA) is 87.1 Å². The number of terminal acetylenes is 1. The van der Waals surface area contributed by atoms with Crippen LogP contribution >= 0.6 is 11.6 Å². The average Bonchev–Trinajstić information content (AvgIpc) is 2.89. The molecular weight excluding hydrogens is 485 g/mol. The summed E-state index contributed by atoms with van der Waals surface area (Å²) in [5.41, 5.74) is 0.891. The van der Waals surface area contributed by atoms with E-state index in [-0.39, 0.29) is 33.5 Å². The number of anilines is 3. The van der Waals surface area contributed by atoms with Crippen molar-refractivity contribution >= 4 is 47.3 Å². The van der Waals surface area contributed by atoms with Crippen molar-refractivity contribution in [2.75, 3.05) is 30.9 Å². The first-order valence-electron chi connectivity index (χ1n) is 10.7. The fourth-order valence-corrected chi connectivity index (χ4v) is 3.37. The van der Waals surface area contributed by atoms with E-state index < -0.39 is 11.7 Å². The number of carbonyl (C=O) groups is 2. The summed E-state index contributed by atoms with van der Waals surface area (Å²) >= 11 is 6.21. The summed E-state index contributed by atoms with van der Waals surface area (Å²) in [5, 5.41) is 8.67. The van der Waals surface area contributed by atoms with Crippen molar-refractivity contribution in [2.45, 2.75) is 6.92 Å². The quantitative estimate of drug-likeness (QED) is 0.196. The van der Waals surface area contributed by atoms with Gasteiger partial charge < -0.3 is 15.1 Å². The highest BCUT2D eigenvalue weighted by molar-refractivity contribution is 6.31. The van der Waals surface area contributed by atoms with Crippen molar-refractivity contribution in [1.29, 1.82) is 0 Å². The Kier molecular flexibility index (Phi) is 8.60. The summed E-state index contributed by atoms with van der Waals surface area (Å²) in [6.45, 7) is 2.61. The van der Waals surface area contributed by atoms with E-state index in [1.165, 1.54) is 49.9 Å². The van der Waals surface area contributed by atoms with Crippen LogP contribution in [0.1, 0.15) is 28.4 Å². The molecule has 0 aliphatic rings. The van der Waals surface area contributed by atoms with Crippen molar-refractivity contribution in [1.82, 2.24) is 9.99 Å². The minimum Gasteiger partial charge on any atom is -0.494 e. The number of halogens is 2. The van der Waals surface area contributed by atoms with Crippen LogP contribution in [0, 0.1) is 18.2 Å². The molecule has 0 saturated heterocycles. The van der Waals surface area contributed by atoms with Crippen molar-refractivity contribution < 1.29 is 18.7 Å². The molecule has 184 valence electrons. The summed E-state index contributed by atoms with van der Waals surface area (Å²) in [6, 6.07) is 10.1. The Morgan fingerprint density at radius 2 is 2.08 bits per heavy atom. The molecule has 3 rings (SSSR count). The average molecular weight is 508 g/mol. The number of benzene rings is 2. The zero-order valence-corrected chi connectivity index (χ0v) is 20.6. The number of rotatable bonds is 9. The Bertz CT molecular complexity index is 1340. The smallest absolute Gasteiger partial charge is 0.259 e. The molecule has 2 aromatic carbocycles. The number of carbonyl (C=O) groups excluding carboxylic acids is 2. The lowest BCUT2D eigenvalue weighted by Gasteiger charge is -2.24. The summed E-state index contributed by atoms with van der Waals surface area (Å²) in [5.74, 6) is 1.38. The van der Waals surface area contributed by atoms with Gasteiger partial charge in [-0.15, -0.1) is 6.42 Å². The number of aromatic nitrogens is 1. The van der Waals surface area contributed by atoms with Crippen LogP contribution in [-0.2, 0) is 4.79 Å². The molecule has 10 heteroatoms. The van der Waals surface area contributed by atoms with E-state index in [0.29, 0.717) is 24.1 Å². The second kappa shape index (κ2) is 11.8. The number of hydrogen-bond acceptors (Lipinski definition) is 6. The predicted molar refractivity (Wildman–Crippen MR) is 139 cm³/mol. The lowest BCUT2D eigenvalue weighted by molar-refractivity contribution is -0.106. The van der Waals surface area contributed by atoms with Crippen LogP contribution in [0.25, 0.3) is 0 Å². The number of amides is 2. The van der Waals surface area contributed by atoms with Gasteiger partial charge in [0.2, 0.25) is 6.41 Å². The minimum absolute atomic E-state index is 0.000628. The van der Waals surface area contributed by atoms with Gasteiger partial charge in [-0.05, 0) is 42.8 Å². The van der Waals surface area contributed by atoms with E-state index >= 15 is 4.39 Å². The van der Waals surface area contributed by atoms with Gasteiger partial charge in [0, 0.05) is 36.4 Å². The first-order chi connectivity index (χ1) is 17.3. The number of pyridine rings is 1. The maximum Gasteiger partial charge on any atom is 0.259 e. The van der Waals surface area contributed by atoms with E-state index in [0.717, 1.165) is 4.90 Å². The Hall–Kier alpha value is -4.42.